The van der Waals surface area contributed by atoms with Crippen molar-refractivity contribution in [2.24, 2.45) is 5.73 Å². The van der Waals surface area contributed by atoms with Crippen LogP contribution in [-0.4, -0.2) is 24.5 Å². The van der Waals surface area contributed by atoms with E-state index < -0.39 is 29.9 Å². The van der Waals surface area contributed by atoms with Crippen molar-refractivity contribution in [3.63, 3.8) is 0 Å². The normalized spacial score (nSPS) is 10.1. The Hall–Kier alpha value is -3.16. The first kappa shape index (κ1) is 14.3. The maximum atomic E-state index is 11.8. The van der Waals surface area contributed by atoms with E-state index in [0.717, 1.165) is 6.07 Å². The van der Waals surface area contributed by atoms with Crippen LogP contribution < -0.4 is 16.5 Å². The average molecular weight is 290 g/mol. The first-order valence-corrected chi connectivity index (χ1v) is 5.76. The zero-order valence-electron chi connectivity index (χ0n) is 10.6. The van der Waals surface area contributed by atoms with Gasteiger partial charge in [-0.15, -0.1) is 0 Å². The van der Waals surface area contributed by atoms with Gasteiger partial charge in [-0.25, -0.2) is 9.59 Å². The maximum absolute atomic E-state index is 11.8. The Balaban J connectivity index is 2.15. The lowest BCUT2D eigenvalue weighted by Gasteiger charge is -2.04. The predicted molar refractivity (Wildman–Crippen MR) is 70.5 cm³/mol. The summed E-state index contributed by atoms with van der Waals surface area (Å²) < 4.78 is 9.82. The minimum Gasteiger partial charge on any atom is -0.450 e. The van der Waals surface area contributed by atoms with Crippen molar-refractivity contribution < 1.29 is 23.5 Å². The Labute approximate surface area is 117 Å². The van der Waals surface area contributed by atoms with Crippen LogP contribution in [0.2, 0.25) is 0 Å². The highest BCUT2D eigenvalue weighted by atomic mass is 16.5. The summed E-state index contributed by atoms with van der Waals surface area (Å²) in [5, 5.41) is 2.04. The minimum atomic E-state index is -1.06. The van der Waals surface area contributed by atoms with E-state index in [1.54, 1.807) is 23.5 Å². The number of carbonyl (C=O) groups is 3. The van der Waals surface area contributed by atoms with Crippen LogP contribution in [0.3, 0.4) is 0 Å². The Kier molecular flexibility index (Phi) is 3.98. The van der Waals surface area contributed by atoms with Crippen molar-refractivity contribution >= 4 is 28.9 Å². The number of primary amides is 1. The summed E-state index contributed by atoms with van der Waals surface area (Å²) >= 11 is 0. The number of imide groups is 1. The number of hydrogen-bond donors (Lipinski definition) is 2. The van der Waals surface area contributed by atoms with Crippen LogP contribution in [0, 0.1) is 0 Å². The summed E-state index contributed by atoms with van der Waals surface area (Å²) in [6.45, 7) is -0.724. The van der Waals surface area contributed by atoms with E-state index in [1.807, 2.05) is 0 Å². The SMILES string of the molecule is NC(=O)NC(=O)COC(=O)c1cc(=O)c2ccccc2o1. The third-order valence-corrected chi connectivity index (χ3v) is 2.43. The van der Waals surface area contributed by atoms with Crippen LogP contribution in [-0.2, 0) is 9.53 Å². The van der Waals surface area contributed by atoms with Gasteiger partial charge in [0, 0.05) is 6.07 Å². The van der Waals surface area contributed by atoms with Crippen molar-refractivity contribution in [3.05, 3.63) is 46.3 Å². The summed E-state index contributed by atoms with van der Waals surface area (Å²) in [5.74, 6) is -2.23. The van der Waals surface area contributed by atoms with Gasteiger partial charge in [-0.1, -0.05) is 12.1 Å². The predicted octanol–water partition coefficient (Wildman–Crippen LogP) is 0.145. The molecule has 0 atom stereocenters. The number of nitrogens with one attached hydrogen (secondary N) is 1. The zero-order chi connectivity index (χ0) is 15.4. The molecule has 0 saturated carbocycles. The summed E-state index contributed by atoms with van der Waals surface area (Å²) in [6, 6.07) is 6.28. The number of carbonyl (C=O) groups excluding carboxylic acids is 3. The molecule has 0 aliphatic rings. The lowest BCUT2D eigenvalue weighted by Crippen LogP contribution is -2.37. The second-order valence-electron chi connectivity index (χ2n) is 3.96. The highest BCUT2D eigenvalue weighted by Crippen LogP contribution is 2.12. The van der Waals surface area contributed by atoms with Gasteiger partial charge in [0.15, 0.2) is 12.0 Å². The molecule has 1 aromatic carbocycles. The lowest BCUT2D eigenvalue weighted by atomic mass is 10.2. The molecule has 0 aliphatic heterocycles. The number of nitrogens with two attached hydrogens (primary N) is 1. The first-order valence-electron chi connectivity index (χ1n) is 5.76. The molecule has 0 unspecified atom stereocenters. The van der Waals surface area contributed by atoms with Gasteiger partial charge in [-0.2, -0.15) is 0 Å². The molecule has 21 heavy (non-hydrogen) atoms. The topological polar surface area (TPSA) is 129 Å². The number of benzene rings is 1. The van der Waals surface area contributed by atoms with E-state index in [-0.39, 0.29) is 11.3 Å². The maximum Gasteiger partial charge on any atom is 0.374 e. The molecule has 108 valence electrons. The van der Waals surface area contributed by atoms with Gasteiger partial charge < -0.3 is 14.9 Å². The van der Waals surface area contributed by atoms with E-state index in [0.29, 0.717) is 5.39 Å². The largest absolute Gasteiger partial charge is 0.450 e. The van der Waals surface area contributed by atoms with E-state index in [1.165, 1.54) is 6.07 Å². The van der Waals surface area contributed by atoms with E-state index in [4.69, 9.17) is 10.2 Å². The molecule has 1 aromatic heterocycles. The molecule has 0 fully saturated rings. The van der Waals surface area contributed by atoms with Crippen LogP contribution in [0.15, 0.2) is 39.5 Å². The third-order valence-electron chi connectivity index (χ3n) is 2.43. The fraction of sp³-hybridized carbons (Fsp3) is 0.0769. The summed E-state index contributed by atoms with van der Waals surface area (Å²) in [7, 11) is 0. The zero-order valence-corrected chi connectivity index (χ0v) is 10.6. The number of amides is 3. The molecular weight excluding hydrogens is 280 g/mol. The molecule has 8 heteroatoms. The molecule has 3 N–H and O–H groups in total. The smallest absolute Gasteiger partial charge is 0.374 e. The second kappa shape index (κ2) is 5.87. The molecule has 0 radical (unpaired) electrons. The van der Waals surface area contributed by atoms with Crippen LogP contribution in [0.1, 0.15) is 10.6 Å². The molecule has 0 saturated heterocycles. The van der Waals surface area contributed by atoms with E-state index in [9.17, 15) is 19.2 Å². The van der Waals surface area contributed by atoms with Crippen molar-refractivity contribution in [3.8, 4) is 0 Å². The quantitative estimate of drug-likeness (QED) is 0.774. The number of rotatable bonds is 3. The van der Waals surface area contributed by atoms with Crippen molar-refractivity contribution in [2.75, 3.05) is 6.61 Å². The van der Waals surface area contributed by atoms with Gasteiger partial charge in [-0.05, 0) is 12.1 Å². The first-order chi connectivity index (χ1) is 9.97. The van der Waals surface area contributed by atoms with Crippen molar-refractivity contribution in [2.45, 2.75) is 0 Å². The fourth-order valence-corrected chi connectivity index (χ4v) is 1.58. The highest BCUT2D eigenvalue weighted by molar-refractivity contribution is 5.96. The number of hydrogen-bond acceptors (Lipinski definition) is 6. The Morgan fingerprint density at radius 1 is 1.24 bits per heavy atom. The Bertz CT molecular complexity index is 780. The molecule has 2 aromatic rings. The Morgan fingerprint density at radius 3 is 2.67 bits per heavy atom. The standard InChI is InChI=1S/C13H10N2O6/c14-13(19)15-11(17)6-20-12(18)10-5-8(16)7-3-1-2-4-9(7)21-10/h1-5H,6H2,(H3,14,15,17,19). The molecule has 2 rings (SSSR count). The third kappa shape index (κ3) is 3.44. The molecular formula is C13H10N2O6. The van der Waals surface area contributed by atoms with Gasteiger partial charge >= 0.3 is 12.0 Å². The molecule has 3 amide bonds. The Morgan fingerprint density at radius 2 is 1.95 bits per heavy atom. The van der Waals surface area contributed by atoms with Crippen LogP contribution in [0.5, 0.6) is 0 Å². The number of urea groups is 1. The number of ether oxygens (including phenoxy) is 1. The monoisotopic (exact) mass is 290 g/mol. The molecule has 8 nitrogen and oxygen atoms in total. The van der Waals surface area contributed by atoms with Crippen LogP contribution >= 0.6 is 0 Å². The summed E-state index contributed by atoms with van der Waals surface area (Å²) in [4.78, 5) is 45.0. The highest BCUT2D eigenvalue weighted by Gasteiger charge is 2.15. The van der Waals surface area contributed by atoms with Gasteiger partial charge in [0.2, 0.25) is 5.76 Å². The molecule has 0 spiro atoms. The minimum absolute atomic E-state index is 0.221. The van der Waals surface area contributed by atoms with Crippen LogP contribution in [0.25, 0.3) is 11.0 Å². The van der Waals surface area contributed by atoms with Gasteiger partial charge in [0.05, 0.1) is 5.39 Å². The summed E-state index contributed by atoms with van der Waals surface area (Å²) in [6.07, 6.45) is 0. The number of para-hydroxylation sites is 1. The fourth-order valence-electron chi connectivity index (χ4n) is 1.58. The lowest BCUT2D eigenvalue weighted by molar-refractivity contribution is -0.123. The second-order valence-corrected chi connectivity index (χ2v) is 3.96. The van der Waals surface area contributed by atoms with Gasteiger partial charge in [-0.3, -0.25) is 14.9 Å². The van der Waals surface area contributed by atoms with Crippen LogP contribution in [0.4, 0.5) is 4.79 Å². The van der Waals surface area contributed by atoms with Crippen molar-refractivity contribution in [1.82, 2.24) is 5.32 Å². The van der Waals surface area contributed by atoms with Crippen molar-refractivity contribution in [1.29, 1.82) is 0 Å². The molecule has 0 bridgehead atoms. The van der Waals surface area contributed by atoms with Gasteiger partial charge in [0.25, 0.3) is 5.91 Å². The number of fused-ring (bicyclic) bond motifs is 1. The van der Waals surface area contributed by atoms with E-state index >= 15 is 0 Å². The molecule has 0 aliphatic carbocycles. The van der Waals surface area contributed by atoms with E-state index in [2.05, 4.69) is 4.74 Å². The number of esters is 1. The average Bonchev–Trinajstić information content (AvgIpc) is 2.44. The summed E-state index contributed by atoms with van der Waals surface area (Å²) in [5.41, 5.74) is 4.53. The van der Waals surface area contributed by atoms with Gasteiger partial charge in [0.1, 0.15) is 5.58 Å². The molecule has 1 heterocycles.